The third-order valence-electron chi connectivity index (χ3n) is 5.25. The lowest BCUT2D eigenvalue weighted by molar-refractivity contribution is -0.130. The molecule has 2 heterocycles. The predicted molar refractivity (Wildman–Crippen MR) is 92.9 cm³/mol. The van der Waals surface area contributed by atoms with Gasteiger partial charge >= 0.3 is 0 Å². The number of nitrogens with zero attached hydrogens (tertiary/aromatic N) is 2. The summed E-state index contributed by atoms with van der Waals surface area (Å²) in [7, 11) is -3.47. The molecule has 0 aliphatic carbocycles. The molecule has 2 aliphatic heterocycles. The van der Waals surface area contributed by atoms with Crippen molar-refractivity contribution >= 4 is 15.9 Å². The fraction of sp³-hybridized carbons (Fsp3) is 0.500. The second-order valence-corrected chi connectivity index (χ2v) is 8.53. The molecule has 1 aromatic rings. The summed E-state index contributed by atoms with van der Waals surface area (Å²) >= 11 is 0. The molecule has 0 aromatic heterocycles. The number of carbonyl (C=O) groups is 1. The molecule has 1 aromatic carbocycles. The molecule has 2 aliphatic rings. The molecule has 0 N–H and O–H groups in total. The number of rotatable bonds is 4. The zero-order chi connectivity index (χ0) is 17.2. The van der Waals surface area contributed by atoms with Crippen molar-refractivity contribution < 1.29 is 13.2 Å². The monoisotopic (exact) mass is 348 g/mol. The van der Waals surface area contributed by atoms with Crippen molar-refractivity contribution in [1.29, 1.82) is 0 Å². The lowest BCUT2D eigenvalue weighted by atomic mass is 9.88. The highest BCUT2D eigenvalue weighted by Crippen LogP contribution is 2.39. The summed E-state index contributed by atoms with van der Waals surface area (Å²) in [5, 5.41) is 0. The second-order valence-electron chi connectivity index (χ2n) is 6.59. The number of hydrogen-bond acceptors (Lipinski definition) is 3. The number of amides is 1. The van der Waals surface area contributed by atoms with Gasteiger partial charge in [-0.25, -0.2) is 8.42 Å². The maximum absolute atomic E-state index is 12.8. The summed E-state index contributed by atoms with van der Waals surface area (Å²) < 4.78 is 27.3. The van der Waals surface area contributed by atoms with E-state index in [1.807, 2.05) is 11.0 Å². The number of likely N-dealkylation sites (tertiary alicyclic amines) is 1. The standard InChI is InChI=1S/C18H24N2O3S/c1-2-13-20-17(21)9-11-18(20)10-6-14-19(15-12-18)24(22,23)16-7-4-3-5-8-16/h2-5,7-8H,1,6,9-15H2/t18-/m0/s1. The van der Waals surface area contributed by atoms with E-state index in [4.69, 9.17) is 0 Å². The average molecular weight is 348 g/mol. The smallest absolute Gasteiger partial charge is 0.243 e. The quantitative estimate of drug-likeness (QED) is 0.785. The fourth-order valence-corrected chi connectivity index (χ4v) is 5.45. The Morgan fingerprint density at radius 1 is 1.12 bits per heavy atom. The molecule has 1 amide bonds. The zero-order valence-corrected chi connectivity index (χ0v) is 14.7. The minimum Gasteiger partial charge on any atom is -0.333 e. The van der Waals surface area contributed by atoms with Crippen LogP contribution in [0.4, 0.5) is 0 Å². The van der Waals surface area contributed by atoms with Crippen LogP contribution in [0.2, 0.25) is 0 Å². The molecule has 1 spiro atoms. The van der Waals surface area contributed by atoms with E-state index in [1.165, 1.54) is 0 Å². The van der Waals surface area contributed by atoms with Crippen LogP contribution in [0.15, 0.2) is 47.9 Å². The first-order valence-corrected chi connectivity index (χ1v) is 9.90. The molecule has 0 saturated carbocycles. The Kier molecular flexibility index (Phi) is 4.78. The van der Waals surface area contributed by atoms with Crippen LogP contribution in [0.25, 0.3) is 0 Å². The van der Waals surface area contributed by atoms with Crippen LogP contribution in [-0.2, 0) is 14.8 Å². The molecular formula is C18H24N2O3S. The van der Waals surface area contributed by atoms with Crippen LogP contribution < -0.4 is 0 Å². The van der Waals surface area contributed by atoms with Gasteiger partial charge in [0.2, 0.25) is 15.9 Å². The Balaban J connectivity index is 1.81. The van der Waals surface area contributed by atoms with Gasteiger partial charge in [-0.3, -0.25) is 4.79 Å². The normalized spacial score (nSPS) is 25.8. The molecule has 3 rings (SSSR count). The Morgan fingerprint density at radius 2 is 1.88 bits per heavy atom. The molecule has 130 valence electrons. The van der Waals surface area contributed by atoms with E-state index in [0.717, 1.165) is 19.3 Å². The van der Waals surface area contributed by atoms with Crippen LogP contribution >= 0.6 is 0 Å². The van der Waals surface area contributed by atoms with Gasteiger partial charge in [0.05, 0.1) is 4.90 Å². The maximum Gasteiger partial charge on any atom is 0.243 e. The number of sulfonamides is 1. The molecule has 2 saturated heterocycles. The third-order valence-corrected chi connectivity index (χ3v) is 7.16. The SMILES string of the molecule is C=CCN1C(=O)CC[C@]12CCCN(S(=O)(=O)c1ccccc1)CC2. The van der Waals surface area contributed by atoms with Gasteiger partial charge in [-0.1, -0.05) is 24.3 Å². The Bertz CT molecular complexity index is 717. The molecule has 6 heteroatoms. The van der Waals surface area contributed by atoms with E-state index in [9.17, 15) is 13.2 Å². The van der Waals surface area contributed by atoms with Crippen LogP contribution in [0.5, 0.6) is 0 Å². The van der Waals surface area contributed by atoms with Crippen molar-refractivity contribution in [1.82, 2.24) is 9.21 Å². The van der Waals surface area contributed by atoms with Crippen LogP contribution in [0.3, 0.4) is 0 Å². The molecule has 2 fully saturated rings. The summed E-state index contributed by atoms with van der Waals surface area (Å²) in [6.07, 6.45) is 5.45. The zero-order valence-electron chi connectivity index (χ0n) is 13.9. The molecule has 0 bridgehead atoms. The fourth-order valence-electron chi connectivity index (χ4n) is 3.95. The second kappa shape index (κ2) is 6.69. The lowest BCUT2D eigenvalue weighted by Gasteiger charge is -2.37. The van der Waals surface area contributed by atoms with Crippen LogP contribution in [0.1, 0.15) is 32.1 Å². The summed E-state index contributed by atoms with van der Waals surface area (Å²) in [5.41, 5.74) is -0.202. The molecule has 1 atom stereocenters. The van der Waals surface area contributed by atoms with E-state index in [1.54, 1.807) is 34.6 Å². The van der Waals surface area contributed by atoms with Crippen molar-refractivity contribution in [2.75, 3.05) is 19.6 Å². The van der Waals surface area contributed by atoms with E-state index >= 15 is 0 Å². The molecule has 0 radical (unpaired) electrons. The van der Waals surface area contributed by atoms with Gasteiger partial charge in [-0.15, -0.1) is 6.58 Å². The van der Waals surface area contributed by atoms with Gasteiger partial charge in [0, 0.05) is 31.6 Å². The average Bonchev–Trinajstić information content (AvgIpc) is 2.77. The van der Waals surface area contributed by atoms with Gasteiger partial charge in [0.1, 0.15) is 0 Å². The summed E-state index contributed by atoms with van der Waals surface area (Å²) in [6, 6.07) is 8.58. The van der Waals surface area contributed by atoms with Crippen molar-refractivity contribution in [3.8, 4) is 0 Å². The van der Waals surface area contributed by atoms with Gasteiger partial charge < -0.3 is 4.90 Å². The van der Waals surface area contributed by atoms with E-state index in [2.05, 4.69) is 6.58 Å². The first-order chi connectivity index (χ1) is 11.5. The number of benzene rings is 1. The molecule has 5 nitrogen and oxygen atoms in total. The predicted octanol–water partition coefficient (Wildman–Crippen LogP) is 2.41. The van der Waals surface area contributed by atoms with Crippen molar-refractivity contribution in [3.05, 3.63) is 43.0 Å². The van der Waals surface area contributed by atoms with Crippen molar-refractivity contribution in [2.45, 2.75) is 42.5 Å². The summed E-state index contributed by atoms with van der Waals surface area (Å²) in [4.78, 5) is 14.5. The van der Waals surface area contributed by atoms with Crippen molar-refractivity contribution in [2.24, 2.45) is 0 Å². The highest BCUT2D eigenvalue weighted by Gasteiger charge is 2.46. The van der Waals surface area contributed by atoms with E-state index < -0.39 is 10.0 Å². The van der Waals surface area contributed by atoms with Crippen LogP contribution in [0, 0.1) is 0 Å². The van der Waals surface area contributed by atoms with Gasteiger partial charge in [-0.05, 0) is 37.8 Å². The lowest BCUT2D eigenvalue weighted by Crippen LogP contribution is -2.46. The minimum absolute atomic E-state index is 0.161. The largest absolute Gasteiger partial charge is 0.333 e. The van der Waals surface area contributed by atoms with Crippen molar-refractivity contribution in [3.63, 3.8) is 0 Å². The number of carbonyl (C=O) groups excluding carboxylic acids is 1. The van der Waals surface area contributed by atoms with Crippen LogP contribution in [-0.4, -0.2) is 48.7 Å². The molecular weight excluding hydrogens is 324 g/mol. The first kappa shape index (κ1) is 17.2. The molecule has 24 heavy (non-hydrogen) atoms. The Labute approximate surface area is 144 Å². The number of hydrogen-bond donors (Lipinski definition) is 0. The maximum atomic E-state index is 12.8. The topological polar surface area (TPSA) is 57.7 Å². The minimum atomic E-state index is -3.47. The Hall–Kier alpha value is -1.66. The van der Waals surface area contributed by atoms with E-state index in [0.29, 0.717) is 37.4 Å². The van der Waals surface area contributed by atoms with Gasteiger partial charge in [0.25, 0.3) is 0 Å². The summed E-state index contributed by atoms with van der Waals surface area (Å²) in [5.74, 6) is 0.161. The highest BCUT2D eigenvalue weighted by atomic mass is 32.2. The van der Waals surface area contributed by atoms with Gasteiger partial charge in [-0.2, -0.15) is 4.31 Å². The molecule has 0 unspecified atom stereocenters. The van der Waals surface area contributed by atoms with E-state index in [-0.39, 0.29) is 11.4 Å². The summed E-state index contributed by atoms with van der Waals surface area (Å²) in [6.45, 7) is 5.27. The Morgan fingerprint density at radius 3 is 2.58 bits per heavy atom. The highest BCUT2D eigenvalue weighted by molar-refractivity contribution is 7.89. The third kappa shape index (κ3) is 3.00. The first-order valence-electron chi connectivity index (χ1n) is 8.46. The van der Waals surface area contributed by atoms with Gasteiger partial charge in [0.15, 0.2) is 0 Å².